The number of hydrogen-bond acceptors (Lipinski definition) is 6. The predicted molar refractivity (Wildman–Crippen MR) is 144 cm³/mol. The molecule has 1 aliphatic heterocycles. The molecule has 0 radical (unpaired) electrons. The third-order valence-corrected chi connectivity index (χ3v) is 6.35. The maximum Gasteiger partial charge on any atom is 0.407 e. The largest absolute Gasteiger partial charge is 0.469 e. The van der Waals surface area contributed by atoms with Gasteiger partial charge < -0.3 is 19.7 Å². The number of aromatic nitrogens is 3. The summed E-state index contributed by atoms with van der Waals surface area (Å²) in [5, 5.41) is 7.26. The molecular weight excluding hydrogens is 520 g/mol. The first kappa shape index (κ1) is 27.0. The highest BCUT2D eigenvalue weighted by molar-refractivity contribution is 5.96. The van der Waals surface area contributed by atoms with Gasteiger partial charge in [-0.25, -0.2) is 23.1 Å². The van der Waals surface area contributed by atoms with Crippen LogP contribution in [-0.4, -0.2) is 44.8 Å². The van der Waals surface area contributed by atoms with Crippen LogP contribution in [0.1, 0.15) is 45.8 Å². The zero-order valence-corrected chi connectivity index (χ0v) is 22.5. The fraction of sp³-hybridized carbons (Fsp3) is 0.310. The van der Waals surface area contributed by atoms with Crippen molar-refractivity contribution in [2.45, 2.75) is 51.9 Å². The van der Waals surface area contributed by atoms with E-state index in [0.29, 0.717) is 23.6 Å². The molecule has 1 unspecified atom stereocenters. The smallest absolute Gasteiger partial charge is 0.407 e. The van der Waals surface area contributed by atoms with Crippen molar-refractivity contribution in [3.05, 3.63) is 78.0 Å². The Bertz CT molecular complexity index is 1570. The van der Waals surface area contributed by atoms with E-state index in [2.05, 4.69) is 15.4 Å². The second-order valence-electron chi connectivity index (χ2n) is 10.6. The van der Waals surface area contributed by atoms with Gasteiger partial charge in [0.2, 0.25) is 11.8 Å². The molecule has 2 aromatic heterocycles. The number of hydrogen-bond donors (Lipinski definition) is 1. The van der Waals surface area contributed by atoms with Gasteiger partial charge in [-0.2, -0.15) is 0 Å². The molecule has 2 aromatic carbocycles. The molecule has 1 saturated heterocycles. The number of nitrogens with zero attached hydrogens (tertiary/aromatic N) is 4. The fourth-order valence-electron chi connectivity index (χ4n) is 4.53. The highest BCUT2D eigenvalue weighted by Crippen LogP contribution is 2.28. The number of benzene rings is 2. The van der Waals surface area contributed by atoms with Crippen LogP contribution in [-0.2, 0) is 9.53 Å². The molecule has 9 nitrogen and oxygen atoms in total. The minimum Gasteiger partial charge on any atom is -0.469 e. The molecule has 5 rings (SSSR count). The number of rotatable bonds is 6. The molecule has 1 fully saturated rings. The summed E-state index contributed by atoms with van der Waals surface area (Å²) < 4.78 is 40.5. The van der Waals surface area contributed by atoms with E-state index in [4.69, 9.17) is 9.47 Å². The number of halogens is 2. The number of carbonyl (C=O) groups excluding carboxylic acids is 2. The first-order valence-electron chi connectivity index (χ1n) is 12.8. The second kappa shape index (κ2) is 10.6. The van der Waals surface area contributed by atoms with E-state index < -0.39 is 29.4 Å². The average Bonchev–Trinajstić information content (AvgIpc) is 3.47. The van der Waals surface area contributed by atoms with Crippen molar-refractivity contribution in [1.82, 2.24) is 19.9 Å². The van der Waals surface area contributed by atoms with Gasteiger partial charge in [-0.15, -0.1) is 5.10 Å². The van der Waals surface area contributed by atoms with Crippen LogP contribution < -0.4 is 15.0 Å². The van der Waals surface area contributed by atoms with Crippen LogP contribution in [0.4, 0.5) is 19.3 Å². The Morgan fingerprint density at radius 2 is 1.85 bits per heavy atom. The summed E-state index contributed by atoms with van der Waals surface area (Å²) in [4.78, 5) is 30.8. The minimum absolute atomic E-state index is 0.0864. The SMILES string of the molecule is CC(Oc1ccc2ncc(-c3ccc(N4C[C@@H](NC(=O)OC(C)(C)C)CC4=O)cc3)n2n1)c1cc(F)ccc1F. The van der Waals surface area contributed by atoms with E-state index in [1.807, 2.05) is 24.3 Å². The lowest BCUT2D eigenvalue weighted by Crippen LogP contribution is -2.40. The molecule has 40 heavy (non-hydrogen) atoms. The molecule has 0 aliphatic carbocycles. The van der Waals surface area contributed by atoms with E-state index >= 15 is 0 Å². The van der Waals surface area contributed by atoms with Crippen molar-refractivity contribution >= 4 is 23.3 Å². The summed E-state index contributed by atoms with van der Waals surface area (Å²) in [7, 11) is 0. The summed E-state index contributed by atoms with van der Waals surface area (Å²) in [5.41, 5.74) is 2.19. The molecular formula is C29H29F2N5O4. The predicted octanol–water partition coefficient (Wildman–Crippen LogP) is 5.44. The lowest BCUT2D eigenvalue weighted by molar-refractivity contribution is -0.117. The summed E-state index contributed by atoms with van der Waals surface area (Å²) in [6.07, 6.45) is 0.511. The molecule has 2 amide bonds. The van der Waals surface area contributed by atoms with Gasteiger partial charge >= 0.3 is 6.09 Å². The molecule has 0 spiro atoms. The van der Waals surface area contributed by atoms with E-state index in [0.717, 1.165) is 23.8 Å². The first-order valence-corrected chi connectivity index (χ1v) is 12.8. The quantitative estimate of drug-likeness (QED) is 0.344. The lowest BCUT2D eigenvalue weighted by atomic mass is 10.1. The number of nitrogens with one attached hydrogen (secondary N) is 1. The Labute approximate surface area is 229 Å². The van der Waals surface area contributed by atoms with Crippen LogP contribution in [0.5, 0.6) is 5.88 Å². The maximum absolute atomic E-state index is 14.2. The highest BCUT2D eigenvalue weighted by atomic mass is 19.1. The lowest BCUT2D eigenvalue weighted by Gasteiger charge is -2.22. The highest BCUT2D eigenvalue weighted by Gasteiger charge is 2.32. The molecule has 0 bridgehead atoms. The van der Waals surface area contributed by atoms with Gasteiger partial charge in [-0.05, 0) is 64.1 Å². The van der Waals surface area contributed by atoms with E-state index in [1.165, 1.54) is 0 Å². The molecule has 2 atom stereocenters. The Hall–Kier alpha value is -4.54. The number of ether oxygens (including phenoxy) is 2. The normalized spacial score (nSPS) is 16.3. The average molecular weight is 550 g/mol. The number of anilines is 1. The Kier molecular flexibility index (Phi) is 7.14. The van der Waals surface area contributed by atoms with E-state index in [1.54, 1.807) is 55.4 Å². The molecule has 1 N–H and O–H groups in total. The number of amides is 2. The summed E-state index contributed by atoms with van der Waals surface area (Å²) in [6, 6.07) is 13.5. The van der Waals surface area contributed by atoms with Crippen molar-refractivity contribution in [1.29, 1.82) is 0 Å². The Morgan fingerprint density at radius 3 is 2.58 bits per heavy atom. The number of fused-ring (bicyclic) bond motifs is 1. The van der Waals surface area contributed by atoms with Gasteiger partial charge in [0.25, 0.3) is 0 Å². The standard InChI is InChI=1S/C29H29F2N5O4/c1-17(22-13-19(30)7-10-23(22)31)39-26-12-11-25-32-15-24(36(25)34-26)18-5-8-21(9-6-18)35-16-20(14-27(35)37)33-28(38)40-29(2,3)4/h5-13,15,17,20H,14,16H2,1-4H3,(H,33,38)/t17?,20-/m0/s1. The van der Waals surface area contributed by atoms with Crippen molar-refractivity contribution in [3.63, 3.8) is 0 Å². The van der Waals surface area contributed by atoms with Crippen LogP contribution in [0.25, 0.3) is 16.9 Å². The van der Waals surface area contributed by atoms with Crippen LogP contribution >= 0.6 is 0 Å². The minimum atomic E-state index is -0.779. The van der Waals surface area contributed by atoms with Crippen LogP contribution in [0.15, 0.2) is 60.8 Å². The third kappa shape index (κ3) is 5.88. The van der Waals surface area contributed by atoms with E-state index in [-0.39, 0.29) is 29.8 Å². The molecule has 4 aromatic rings. The Balaban J connectivity index is 1.31. The van der Waals surface area contributed by atoms with Gasteiger partial charge in [0, 0.05) is 35.8 Å². The van der Waals surface area contributed by atoms with Crippen LogP contribution in [0.2, 0.25) is 0 Å². The zero-order valence-electron chi connectivity index (χ0n) is 22.5. The van der Waals surface area contributed by atoms with Gasteiger partial charge in [0.1, 0.15) is 23.3 Å². The van der Waals surface area contributed by atoms with Crippen molar-refractivity contribution in [3.8, 4) is 17.1 Å². The number of imidazole rings is 1. The molecule has 11 heteroatoms. The molecule has 1 aliphatic rings. The van der Waals surface area contributed by atoms with Crippen molar-refractivity contribution < 1.29 is 27.8 Å². The van der Waals surface area contributed by atoms with Crippen molar-refractivity contribution in [2.75, 3.05) is 11.4 Å². The first-order chi connectivity index (χ1) is 19.0. The monoisotopic (exact) mass is 549 g/mol. The van der Waals surface area contributed by atoms with Crippen LogP contribution in [0, 0.1) is 11.6 Å². The van der Waals surface area contributed by atoms with Gasteiger partial charge in [0.05, 0.1) is 17.9 Å². The summed E-state index contributed by atoms with van der Waals surface area (Å²) in [5.74, 6) is -1.01. The molecule has 208 valence electrons. The topological polar surface area (TPSA) is 98.1 Å². The summed E-state index contributed by atoms with van der Waals surface area (Å²) >= 11 is 0. The number of carbonyl (C=O) groups is 2. The maximum atomic E-state index is 14.2. The van der Waals surface area contributed by atoms with E-state index in [9.17, 15) is 18.4 Å². The van der Waals surface area contributed by atoms with Crippen molar-refractivity contribution in [2.24, 2.45) is 0 Å². The van der Waals surface area contributed by atoms with Gasteiger partial charge in [-0.3, -0.25) is 4.79 Å². The number of alkyl carbamates (subject to hydrolysis) is 1. The summed E-state index contributed by atoms with van der Waals surface area (Å²) in [6.45, 7) is 7.29. The van der Waals surface area contributed by atoms with Gasteiger partial charge in [-0.1, -0.05) is 12.1 Å². The Morgan fingerprint density at radius 1 is 1.10 bits per heavy atom. The fourth-order valence-corrected chi connectivity index (χ4v) is 4.53. The third-order valence-electron chi connectivity index (χ3n) is 6.35. The second-order valence-corrected chi connectivity index (χ2v) is 10.6. The van der Waals surface area contributed by atoms with Crippen LogP contribution in [0.3, 0.4) is 0 Å². The molecule has 0 saturated carbocycles. The molecule has 3 heterocycles. The zero-order chi connectivity index (χ0) is 28.6. The van der Waals surface area contributed by atoms with Gasteiger partial charge in [0.15, 0.2) is 5.65 Å².